The van der Waals surface area contributed by atoms with Crippen LogP contribution in [-0.2, 0) is 4.74 Å². The van der Waals surface area contributed by atoms with Crippen LogP contribution in [0.2, 0.25) is 0 Å². The fraction of sp³-hybridized carbons (Fsp3) is 1.00. The second-order valence-electron chi connectivity index (χ2n) is 4.87. The van der Waals surface area contributed by atoms with E-state index < -0.39 is 0 Å². The van der Waals surface area contributed by atoms with Gasteiger partial charge >= 0.3 is 0 Å². The first-order chi connectivity index (χ1) is 8.78. The zero-order valence-corrected chi connectivity index (χ0v) is 13.0. The molecule has 1 aliphatic carbocycles. The standard InChI is InChI=1S/C11H21NO2.2C2H6/c1-14-10-2-6-12(7-3-10)8-11(9-13)4-5-11;2*1-2/h10,13H,2-9H2,1H3;2*1-2H3. The lowest BCUT2D eigenvalue weighted by molar-refractivity contribution is 0.0306. The van der Waals surface area contributed by atoms with Gasteiger partial charge in [-0.3, -0.25) is 0 Å². The van der Waals surface area contributed by atoms with Crippen molar-refractivity contribution in [2.24, 2.45) is 5.41 Å². The Labute approximate surface area is 114 Å². The van der Waals surface area contributed by atoms with Crippen LogP contribution >= 0.6 is 0 Å². The maximum absolute atomic E-state index is 9.23. The van der Waals surface area contributed by atoms with Gasteiger partial charge in [-0.2, -0.15) is 0 Å². The fourth-order valence-corrected chi connectivity index (χ4v) is 2.32. The highest BCUT2D eigenvalue weighted by atomic mass is 16.5. The SMILES string of the molecule is CC.CC.COC1CCN(CC2(CO)CC2)CC1. The van der Waals surface area contributed by atoms with E-state index in [-0.39, 0.29) is 5.41 Å². The Morgan fingerprint density at radius 3 is 1.94 bits per heavy atom. The lowest BCUT2D eigenvalue weighted by Gasteiger charge is -2.33. The smallest absolute Gasteiger partial charge is 0.0595 e. The molecule has 0 atom stereocenters. The van der Waals surface area contributed by atoms with Crippen molar-refractivity contribution < 1.29 is 9.84 Å². The van der Waals surface area contributed by atoms with Gasteiger partial charge in [0.25, 0.3) is 0 Å². The van der Waals surface area contributed by atoms with Crippen LogP contribution in [0.25, 0.3) is 0 Å². The number of likely N-dealkylation sites (tertiary alicyclic amines) is 1. The Hall–Kier alpha value is -0.120. The monoisotopic (exact) mass is 259 g/mol. The topological polar surface area (TPSA) is 32.7 Å². The summed E-state index contributed by atoms with van der Waals surface area (Å²) in [4.78, 5) is 2.48. The Balaban J connectivity index is 0.000000659. The van der Waals surface area contributed by atoms with Crippen molar-refractivity contribution in [1.82, 2.24) is 4.90 Å². The van der Waals surface area contributed by atoms with Crippen molar-refractivity contribution in [2.45, 2.75) is 59.5 Å². The lowest BCUT2D eigenvalue weighted by atomic mass is 10.0. The Morgan fingerprint density at radius 1 is 1.11 bits per heavy atom. The molecule has 0 radical (unpaired) electrons. The second-order valence-corrected chi connectivity index (χ2v) is 4.87. The zero-order chi connectivity index (χ0) is 14.0. The molecule has 3 nitrogen and oxygen atoms in total. The molecule has 110 valence electrons. The van der Waals surface area contributed by atoms with Gasteiger partial charge in [-0.1, -0.05) is 27.7 Å². The highest BCUT2D eigenvalue weighted by molar-refractivity contribution is 4.95. The molecule has 18 heavy (non-hydrogen) atoms. The van der Waals surface area contributed by atoms with Crippen molar-refractivity contribution in [3.05, 3.63) is 0 Å². The fourth-order valence-electron chi connectivity index (χ4n) is 2.32. The molecule has 0 aromatic heterocycles. The summed E-state index contributed by atoms with van der Waals surface area (Å²) in [6.45, 7) is 11.7. The van der Waals surface area contributed by atoms with E-state index in [9.17, 15) is 5.11 Å². The molecular formula is C15H33NO2. The van der Waals surface area contributed by atoms with Crippen molar-refractivity contribution in [1.29, 1.82) is 0 Å². The molecule has 0 aromatic rings. The lowest BCUT2D eigenvalue weighted by Crippen LogP contribution is -2.40. The third kappa shape index (κ3) is 5.68. The van der Waals surface area contributed by atoms with E-state index >= 15 is 0 Å². The van der Waals surface area contributed by atoms with Crippen molar-refractivity contribution >= 4 is 0 Å². The number of hydrogen-bond acceptors (Lipinski definition) is 3. The van der Waals surface area contributed by atoms with Crippen LogP contribution in [0.1, 0.15) is 53.4 Å². The molecule has 0 spiro atoms. The average molecular weight is 259 g/mol. The summed E-state index contributed by atoms with van der Waals surface area (Å²) in [6, 6.07) is 0. The van der Waals surface area contributed by atoms with Gasteiger partial charge in [0.15, 0.2) is 0 Å². The quantitative estimate of drug-likeness (QED) is 0.842. The van der Waals surface area contributed by atoms with E-state index in [0.717, 1.165) is 32.5 Å². The Bertz CT molecular complexity index is 185. The van der Waals surface area contributed by atoms with Crippen molar-refractivity contribution in [3.63, 3.8) is 0 Å². The van der Waals surface area contributed by atoms with Gasteiger partial charge in [-0.25, -0.2) is 0 Å². The van der Waals surface area contributed by atoms with Crippen LogP contribution in [0.3, 0.4) is 0 Å². The molecule has 0 unspecified atom stereocenters. The molecule has 1 saturated carbocycles. The molecule has 1 aliphatic heterocycles. The molecule has 2 aliphatic rings. The predicted octanol–water partition coefficient (Wildman–Crippen LogP) is 2.92. The van der Waals surface area contributed by atoms with Crippen molar-refractivity contribution in [2.75, 3.05) is 33.4 Å². The normalized spacial score (nSPS) is 22.3. The van der Waals surface area contributed by atoms with Crippen LogP contribution in [0.5, 0.6) is 0 Å². The number of nitrogens with zero attached hydrogens (tertiary/aromatic N) is 1. The summed E-state index contributed by atoms with van der Waals surface area (Å²) in [5, 5.41) is 9.23. The third-order valence-electron chi connectivity index (χ3n) is 3.72. The highest BCUT2D eigenvalue weighted by Gasteiger charge is 2.43. The van der Waals surface area contributed by atoms with Gasteiger partial charge in [0.1, 0.15) is 0 Å². The number of rotatable bonds is 4. The Kier molecular flexibility index (Phi) is 9.70. The van der Waals surface area contributed by atoms with Crippen LogP contribution < -0.4 is 0 Å². The summed E-state index contributed by atoms with van der Waals surface area (Å²) in [7, 11) is 1.80. The van der Waals surface area contributed by atoms with E-state index in [0.29, 0.717) is 12.7 Å². The highest BCUT2D eigenvalue weighted by Crippen LogP contribution is 2.45. The minimum Gasteiger partial charge on any atom is -0.396 e. The van der Waals surface area contributed by atoms with Gasteiger partial charge < -0.3 is 14.7 Å². The first-order valence-corrected chi connectivity index (χ1v) is 7.64. The largest absolute Gasteiger partial charge is 0.396 e. The predicted molar refractivity (Wildman–Crippen MR) is 77.9 cm³/mol. The van der Waals surface area contributed by atoms with Crippen LogP contribution in [-0.4, -0.2) is 49.5 Å². The van der Waals surface area contributed by atoms with E-state index in [2.05, 4.69) is 4.90 Å². The third-order valence-corrected chi connectivity index (χ3v) is 3.72. The molecular weight excluding hydrogens is 226 g/mol. The molecule has 1 saturated heterocycles. The summed E-state index contributed by atoms with van der Waals surface area (Å²) in [5.41, 5.74) is 0.278. The number of hydrogen-bond donors (Lipinski definition) is 1. The summed E-state index contributed by atoms with van der Waals surface area (Å²) >= 11 is 0. The number of ether oxygens (including phenoxy) is 1. The van der Waals surface area contributed by atoms with Crippen LogP contribution in [0, 0.1) is 5.41 Å². The minimum absolute atomic E-state index is 0.278. The minimum atomic E-state index is 0.278. The first-order valence-electron chi connectivity index (χ1n) is 7.64. The van der Waals surface area contributed by atoms with Crippen LogP contribution in [0.4, 0.5) is 0 Å². The molecule has 1 heterocycles. The molecule has 2 fully saturated rings. The molecule has 1 N–H and O–H groups in total. The van der Waals surface area contributed by atoms with Gasteiger partial charge in [0.2, 0.25) is 0 Å². The van der Waals surface area contributed by atoms with Crippen LogP contribution in [0.15, 0.2) is 0 Å². The molecule has 0 amide bonds. The van der Waals surface area contributed by atoms with Gasteiger partial charge in [0.05, 0.1) is 6.10 Å². The number of methoxy groups -OCH3 is 1. The Morgan fingerprint density at radius 2 is 1.61 bits per heavy atom. The van der Waals surface area contributed by atoms with Gasteiger partial charge in [0, 0.05) is 38.8 Å². The van der Waals surface area contributed by atoms with E-state index in [4.69, 9.17) is 4.74 Å². The summed E-state index contributed by atoms with van der Waals surface area (Å²) < 4.78 is 5.34. The molecule has 0 bridgehead atoms. The van der Waals surface area contributed by atoms with Crippen molar-refractivity contribution in [3.8, 4) is 0 Å². The second kappa shape index (κ2) is 9.76. The zero-order valence-electron chi connectivity index (χ0n) is 13.0. The van der Waals surface area contributed by atoms with E-state index in [1.807, 2.05) is 27.7 Å². The number of aliphatic hydroxyl groups excluding tert-OH is 1. The average Bonchev–Trinajstić information content (AvgIpc) is 3.24. The maximum Gasteiger partial charge on any atom is 0.0595 e. The first kappa shape index (κ1) is 17.9. The van der Waals surface area contributed by atoms with E-state index in [1.165, 1.54) is 12.8 Å². The molecule has 0 aromatic carbocycles. The summed E-state index contributed by atoms with van der Waals surface area (Å²) in [5.74, 6) is 0. The summed E-state index contributed by atoms with van der Waals surface area (Å²) in [6.07, 6.45) is 5.20. The molecule has 3 heteroatoms. The number of aliphatic hydroxyl groups is 1. The molecule has 2 rings (SSSR count). The van der Waals surface area contributed by atoms with E-state index in [1.54, 1.807) is 7.11 Å². The van der Waals surface area contributed by atoms with Gasteiger partial charge in [-0.05, 0) is 25.7 Å². The van der Waals surface area contributed by atoms with Gasteiger partial charge in [-0.15, -0.1) is 0 Å². The number of piperidine rings is 1. The maximum atomic E-state index is 9.23.